The summed E-state index contributed by atoms with van der Waals surface area (Å²) in [6.45, 7) is 3.11. The van der Waals surface area contributed by atoms with Gasteiger partial charge in [-0.15, -0.1) is 0 Å². The van der Waals surface area contributed by atoms with Crippen molar-refractivity contribution in [3.63, 3.8) is 0 Å². The van der Waals surface area contributed by atoms with Gasteiger partial charge in [-0.1, -0.05) is 18.2 Å². The molecule has 1 rings (SSSR count). The van der Waals surface area contributed by atoms with Gasteiger partial charge in [0, 0.05) is 5.54 Å². The zero-order chi connectivity index (χ0) is 11.0. The summed E-state index contributed by atoms with van der Waals surface area (Å²) in [5.41, 5.74) is 4.13. The lowest BCUT2D eigenvalue weighted by Crippen LogP contribution is -2.31. The third kappa shape index (κ3) is 2.26. The first-order chi connectivity index (χ1) is 6.23. The van der Waals surface area contributed by atoms with E-state index in [0.29, 0.717) is 0 Å². The Morgan fingerprint density at radius 2 is 1.43 bits per heavy atom. The molecule has 78 valence electrons. The van der Waals surface area contributed by atoms with Gasteiger partial charge < -0.3 is 5.73 Å². The van der Waals surface area contributed by atoms with Gasteiger partial charge >= 0.3 is 6.18 Å². The van der Waals surface area contributed by atoms with E-state index in [2.05, 4.69) is 0 Å². The zero-order valence-electron chi connectivity index (χ0n) is 8.02. The third-order valence-corrected chi connectivity index (χ3v) is 1.93. The molecule has 0 aliphatic carbocycles. The van der Waals surface area contributed by atoms with Crippen molar-refractivity contribution in [1.82, 2.24) is 0 Å². The normalized spacial score (nSPS) is 13.0. The molecule has 0 unspecified atom stereocenters. The summed E-state index contributed by atoms with van der Waals surface area (Å²) in [7, 11) is 0. The first-order valence-electron chi connectivity index (χ1n) is 4.18. The van der Waals surface area contributed by atoms with Crippen molar-refractivity contribution in [2.45, 2.75) is 25.6 Å². The average Bonchev–Trinajstić information content (AvgIpc) is 2.01. The molecule has 0 saturated heterocycles. The van der Waals surface area contributed by atoms with Gasteiger partial charge in [0.2, 0.25) is 0 Å². The molecule has 1 nitrogen and oxygen atoms in total. The molecule has 0 spiro atoms. The molecule has 0 atom stereocenters. The van der Waals surface area contributed by atoms with Gasteiger partial charge in [0.1, 0.15) is 0 Å². The summed E-state index contributed by atoms with van der Waals surface area (Å²) in [5.74, 6) is 0. The minimum absolute atomic E-state index is 0.118. The highest BCUT2D eigenvalue weighted by molar-refractivity contribution is 5.34. The highest BCUT2D eigenvalue weighted by Crippen LogP contribution is 2.35. The van der Waals surface area contributed by atoms with Gasteiger partial charge in [-0.25, -0.2) is 0 Å². The lowest BCUT2D eigenvalue weighted by molar-refractivity contribution is -0.138. The molecule has 2 N–H and O–H groups in total. The fourth-order valence-corrected chi connectivity index (χ4v) is 1.29. The van der Waals surface area contributed by atoms with E-state index in [1.165, 1.54) is 12.1 Å². The molecule has 0 aliphatic heterocycles. The number of halogens is 3. The molecule has 0 aliphatic rings. The second-order valence-electron chi connectivity index (χ2n) is 3.77. The highest BCUT2D eigenvalue weighted by atomic mass is 19.4. The van der Waals surface area contributed by atoms with E-state index in [1.54, 1.807) is 19.9 Å². The molecule has 0 radical (unpaired) electrons. The molecule has 4 heteroatoms. The summed E-state index contributed by atoms with van der Waals surface area (Å²) >= 11 is 0. The van der Waals surface area contributed by atoms with Crippen molar-refractivity contribution < 1.29 is 13.2 Å². The van der Waals surface area contributed by atoms with Crippen molar-refractivity contribution in [3.05, 3.63) is 35.4 Å². The fraction of sp³-hybridized carbons (Fsp3) is 0.400. The van der Waals surface area contributed by atoms with Crippen molar-refractivity contribution in [2.24, 2.45) is 5.73 Å². The smallest absolute Gasteiger partial charge is 0.322 e. The largest absolute Gasteiger partial charge is 0.416 e. The van der Waals surface area contributed by atoms with E-state index in [-0.39, 0.29) is 5.56 Å². The van der Waals surface area contributed by atoms with Crippen molar-refractivity contribution in [3.8, 4) is 0 Å². The van der Waals surface area contributed by atoms with E-state index in [9.17, 15) is 13.2 Å². The van der Waals surface area contributed by atoms with Crippen molar-refractivity contribution >= 4 is 0 Å². The summed E-state index contributed by atoms with van der Waals surface area (Å²) in [5, 5.41) is 0. The quantitative estimate of drug-likeness (QED) is 0.746. The number of benzene rings is 1. The second-order valence-corrected chi connectivity index (χ2v) is 3.77. The first-order valence-corrected chi connectivity index (χ1v) is 4.18. The molecule has 0 fully saturated rings. The topological polar surface area (TPSA) is 26.0 Å². The van der Waals surface area contributed by atoms with E-state index in [0.717, 1.165) is 6.07 Å². The number of hydrogen-bond acceptors (Lipinski definition) is 1. The van der Waals surface area contributed by atoms with Crippen LogP contribution in [0.2, 0.25) is 0 Å². The van der Waals surface area contributed by atoms with Gasteiger partial charge in [-0.2, -0.15) is 13.2 Å². The molecule has 0 bridgehead atoms. The van der Waals surface area contributed by atoms with Gasteiger partial charge in [0.25, 0.3) is 0 Å². The monoisotopic (exact) mass is 203 g/mol. The van der Waals surface area contributed by atoms with E-state index >= 15 is 0 Å². The van der Waals surface area contributed by atoms with Crippen LogP contribution in [0.5, 0.6) is 0 Å². The molecule has 0 heterocycles. The minimum Gasteiger partial charge on any atom is -0.322 e. The van der Waals surface area contributed by atoms with E-state index in [1.807, 2.05) is 0 Å². The Balaban J connectivity index is 3.31. The number of alkyl halides is 3. The number of nitrogens with two attached hydrogens (primary N) is 1. The number of rotatable bonds is 1. The highest BCUT2D eigenvalue weighted by Gasteiger charge is 2.35. The Morgan fingerprint density at radius 3 is 1.71 bits per heavy atom. The number of hydrogen-bond donors (Lipinski definition) is 1. The molecule has 1 aromatic carbocycles. The Labute approximate surface area is 80.7 Å². The molecule has 0 aromatic heterocycles. The molecular weight excluding hydrogens is 191 g/mol. The lowest BCUT2D eigenvalue weighted by Gasteiger charge is -2.23. The van der Waals surface area contributed by atoms with E-state index < -0.39 is 17.3 Å². The van der Waals surface area contributed by atoms with E-state index in [4.69, 9.17) is 5.73 Å². The minimum atomic E-state index is -4.34. The van der Waals surface area contributed by atoms with Gasteiger partial charge in [-0.3, -0.25) is 0 Å². The maximum absolute atomic E-state index is 12.5. The predicted octanol–water partition coefficient (Wildman–Crippen LogP) is 2.90. The van der Waals surface area contributed by atoms with Crippen LogP contribution in [0.1, 0.15) is 25.0 Å². The van der Waals surface area contributed by atoms with Crippen LogP contribution in [0, 0.1) is 0 Å². The zero-order valence-corrected chi connectivity index (χ0v) is 8.02. The van der Waals surface area contributed by atoms with Crippen LogP contribution in [0.4, 0.5) is 13.2 Å². The van der Waals surface area contributed by atoms with Crippen LogP contribution in [0.25, 0.3) is 0 Å². The van der Waals surface area contributed by atoms with Crippen LogP contribution in [-0.4, -0.2) is 0 Å². The van der Waals surface area contributed by atoms with Crippen LogP contribution in [0.3, 0.4) is 0 Å². The van der Waals surface area contributed by atoms with Crippen LogP contribution < -0.4 is 5.73 Å². The molecule has 0 saturated carbocycles. The Bertz CT molecular complexity index is 290. The van der Waals surface area contributed by atoms with Gasteiger partial charge in [0.05, 0.1) is 5.56 Å². The summed E-state index contributed by atoms with van der Waals surface area (Å²) in [6.07, 6.45) is -4.34. The fourth-order valence-electron chi connectivity index (χ4n) is 1.29. The van der Waals surface area contributed by atoms with Gasteiger partial charge in [0.15, 0.2) is 0 Å². The van der Waals surface area contributed by atoms with Crippen LogP contribution in [-0.2, 0) is 11.7 Å². The third-order valence-electron chi connectivity index (χ3n) is 1.93. The summed E-state index contributed by atoms with van der Waals surface area (Å²) in [4.78, 5) is 0. The molecule has 0 amide bonds. The average molecular weight is 203 g/mol. The molecule has 14 heavy (non-hydrogen) atoms. The van der Waals surface area contributed by atoms with Crippen LogP contribution >= 0.6 is 0 Å². The SMILES string of the molecule is CC(C)(N)c1ccccc1C(F)(F)F. The second kappa shape index (κ2) is 3.28. The summed E-state index contributed by atoms with van der Waals surface area (Å²) < 4.78 is 37.6. The Hall–Kier alpha value is -1.03. The lowest BCUT2D eigenvalue weighted by atomic mass is 9.91. The Kier molecular flexibility index (Phi) is 2.58. The standard InChI is InChI=1S/C10H12F3N/c1-9(2,14)7-5-3-4-6-8(7)10(11,12)13/h3-6H,14H2,1-2H3. The van der Waals surface area contributed by atoms with Crippen LogP contribution in [0.15, 0.2) is 24.3 Å². The molecular formula is C10H12F3N. The maximum Gasteiger partial charge on any atom is 0.416 e. The summed E-state index contributed by atoms with van der Waals surface area (Å²) in [6, 6.07) is 5.37. The Morgan fingerprint density at radius 1 is 1.00 bits per heavy atom. The first kappa shape index (κ1) is 11.0. The molecule has 1 aromatic rings. The van der Waals surface area contributed by atoms with Crippen molar-refractivity contribution in [2.75, 3.05) is 0 Å². The van der Waals surface area contributed by atoms with Gasteiger partial charge in [-0.05, 0) is 25.5 Å². The van der Waals surface area contributed by atoms with Crippen molar-refractivity contribution in [1.29, 1.82) is 0 Å². The predicted molar refractivity (Wildman–Crippen MR) is 48.7 cm³/mol. The maximum atomic E-state index is 12.5.